The summed E-state index contributed by atoms with van der Waals surface area (Å²) >= 11 is 0. The summed E-state index contributed by atoms with van der Waals surface area (Å²) in [4.78, 5) is 36.0. The number of hydrogen-bond donors (Lipinski definition) is 0. The number of benzene rings is 2. The molecule has 0 N–H and O–H groups in total. The fourth-order valence-electron chi connectivity index (χ4n) is 5.38. The molecule has 3 heterocycles. The highest BCUT2D eigenvalue weighted by Crippen LogP contribution is 2.41. The average molecular weight is 563 g/mol. The van der Waals surface area contributed by atoms with Gasteiger partial charge in [-0.15, -0.1) is 0 Å². The summed E-state index contributed by atoms with van der Waals surface area (Å²) in [5, 5.41) is 0. The third-order valence-electron chi connectivity index (χ3n) is 7.39. The maximum Gasteiger partial charge on any atom is 0.416 e. The van der Waals surface area contributed by atoms with Crippen LogP contribution in [0, 0.1) is 0 Å². The summed E-state index contributed by atoms with van der Waals surface area (Å²) in [6, 6.07) is 13.7. The van der Waals surface area contributed by atoms with Crippen LogP contribution in [0.2, 0.25) is 0 Å². The van der Waals surface area contributed by atoms with Crippen LogP contribution in [0.3, 0.4) is 0 Å². The molecule has 2 saturated heterocycles. The van der Waals surface area contributed by atoms with Crippen molar-refractivity contribution in [2.75, 3.05) is 24.7 Å². The minimum Gasteiger partial charge on any atom is -0.339 e. The highest BCUT2D eigenvalue weighted by Gasteiger charge is 2.54. The number of carbonyl (C=O) groups excluding carboxylic acids is 2. The van der Waals surface area contributed by atoms with Crippen LogP contribution in [0.15, 0.2) is 73.1 Å². The maximum atomic E-state index is 13.8. The fraction of sp³-hybridized carbons (Fsp3) is 0.321. The molecule has 2 amide bonds. The Morgan fingerprint density at radius 3 is 2.05 bits per heavy atom. The zero-order valence-electron chi connectivity index (χ0n) is 21.0. The van der Waals surface area contributed by atoms with Gasteiger partial charge >= 0.3 is 12.4 Å². The van der Waals surface area contributed by atoms with Crippen molar-refractivity contribution in [2.24, 2.45) is 0 Å². The number of nitrogens with zero attached hydrogens (tertiary/aromatic N) is 4. The Balaban J connectivity index is 1.41. The first-order valence-corrected chi connectivity index (χ1v) is 12.5. The summed E-state index contributed by atoms with van der Waals surface area (Å²) in [7, 11) is 0. The Hall–Kier alpha value is -4.09. The molecule has 0 radical (unpaired) electrons. The SMILES string of the molecule is O=C(c1cc(C(F)(F)F)cc(C(F)(F)F)c1)N1CCC2(CC1)C(=O)N(Cc1cccnc1)CN2c1ccccc1. The van der Waals surface area contributed by atoms with E-state index in [2.05, 4.69) is 4.98 Å². The van der Waals surface area contributed by atoms with Gasteiger partial charge in [0.05, 0.1) is 17.8 Å². The third kappa shape index (κ3) is 5.22. The normalized spacial score (nSPS) is 17.6. The zero-order chi connectivity index (χ0) is 28.7. The van der Waals surface area contributed by atoms with E-state index in [0.717, 1.165) is 11.3 Å². The quantitative estimate of drug-likeness (QED) is 0.389. The molecule has 0 atom stereocenters. The minimum atomic E-state index is -5.06. The monoisotopic (exact) mass is 562 g/mol. The van der Waals surface area contributed by atoms with Crippen molar-refractivity contribution in [3.8, 4) is 0 Å². The number of piperidine rings is 1. The molecule has 210 valence electrons. The molecule has 0 saturated carbocycles. The van der Waals surface area contributed by atoms with Crippen LogP contribution in [0.1, 0.15) is 39.9 Å². The van der Waals surface area contributed by atoms with Crippen LogP contribution < -0.4 is 4.90 Å². The van der Waals surface area contributed by atoms with Crippen molar-refractivity contribution in [2.45, 2.75) is 37.3 Å². The van der Waals surface area contributed by atoms with E-state index in [-0.39, 0.29) is 44.6 Å². The van der Waals surface area contributed by atoms with Crippen LogP contribution in [0.5, 0.6) is 0 Å². The van der Waals surface area contributed by atoms with Gasteiger partial charge in [0.25, 0.3) is 5.91 Å². The molecule has 2 aliphatic rings. The topological polar surface area (TPSA) is 56.8 Å². The lowest BCUT2D eigenvalue weighted by molar-refractivity contribution is -0.143. The molecule has 2 aromatic carbocycles. The molecule has 0 unspecified atom stereocenters. The van der Waals surface area contributed by atoms with Gasteiger partial charge < -0.3 is 14.7 Å². The lowest BCUT2D eigenvalue weighted by Crippen LogP contribution is -2.57. The standard InChI is InChI=1S/C28H24F6N4O2/c29-27(30,31)21-13-20(14-22(15-21)28(32,33)34)24(39)36-11-8-26(9-12-36)25(40)37(17-19-5-4-10-35-16-19)18-38(26)23-6-2-1-3-7-23/h1-7,10,13-16H,8-9,11-12,17-18H2. The van der Waals surface area contributed by atoms with Crippen molar-refractivity contribution in [1.29, 1.82) is 0 Å². The third-order valence-corrected chi connectivity index (χ3v) is 7.39. The Morgan fingerprint density at radius 2 is 1.50 bits per heavy atom. The summed E-state index contributed by atoms with van der Waals surface area (Å²) in [6.45, 7) is 0.539. The predicted octanol–water partition coefficient (Wildman–Crippen LogP) is 5.60. The van der Waals surface area contributed by atoms with Crippen LogP contribution in [0.25, 0.3) is 0 Å². The maximum absolute atomic E-state index is 13.8. The van der Waals surface area contributed by atoms with E-state index >= 15 is 0 Å². The van der Waals surface area contributed by atoms with Gasteiger partial charge in [-0.2, -0.15) is 26.3 Å². The first-order valence-electron chi connectivity index (χ1n) is 12.5. The lowest BCUT2D eigenvalue weighted by Gasteiger charge is -2.43. The largest absolute Gasteiger partial charge is 0.416 e. The number of hydrogen-bond acceptors (Lipinski definition) is 4. The lowest BCUT2D eigenvalue weighted by atomic mass is 9.85. The number of aromatic nitrogens is 1. The second-order valence-electron chi connectivity index (χ2n) is 9.89. The number of carbonyl (C=O) groups is 2. The molecule has 40 heavy (non-hydrogen) atoms. The number of pyridine rings is 1. The van der Waals surface area contributed by atoms with Gasteiger partial charge in [0.2, 0.25) is 5.91 Å². The highest BCUT2D eigenvalue weighted by molar-refractivity contribution is 5.96. The molecule has 1 spiro atoms. The van der Waals surface area contributed by atoms with Crippen LogP contribution in [-0.4, -0.2) is 51.9 Å². The zero-order valence-corrected chi connectivity index (χ0v) is 21.0. The Labute approximate surface area is 225 Å². The van der Waals surface area contributed by atoms with E-state index in [9.17, 15) is 35.9 Å². The number of amides is 2. The molecule has 3 aromatic rings. The van der Waals surface area contributed by atoms with Gasteiger partial charge in [0.1, 0.15) is 5.54 Å². The van der Waals surface area contributed by atoms with Crippen molar-refractivity contribution in [3.05, 3.63) is 95.3 Å². The smallest absolute Gasteiger partial charge is 0.339 e. The van der Waals surface area contributed by atoms with E-state index in [4.69, 9.17) is 0 Å². The summed E-state index contributed by atoms with van der Waals surface area (Å²) < 4.78 is 80.0. The average Bonchev–Trinajstić information content (AvgIpc) is 3.19. The molecular weight excluding hydrogens is 538 g/mol. The first-order chi connectivity index (χ1) is 18.9. The molecular formula is C28H24F6N4O2. The van der Waals surface area contributed by atoms with E-state index in [1.165, 1.54) is 4.90 Å². The van der Waals surface area contributed by atoms with Crippen LogP contribution >= 0.6 is 0 Å². The van der Waals surface area contributed by atoms with Gasteiger partial charge in [-0.05, 0) is 54.8 Å². The van der Waals surface area contributed by atoms with Crippen molar-refractivity contribution in [3.63, 3.8) is 0 Å². The van der Waals surface area contributed by atoms with Crippen molar-refractivity contribution < 1.29 is 35.9 Å². The number of halogens is 6. The van der Waals surface area contributed by atoms with Crippen molar-refractivity contribution in [1.82, 2.24) is 14.8 Å². The predicted molar refractivity (Wildman–Crippen MR) is 133 cm³/mol. The highest BCUT2D eigenvalue weighted by atomic mass is 19.4. The van der Waals surface area contributed by atoms with Gasteiger partial charge in [0.15, 0.2) is 0 Å². The van der Waals surface area contributed by atoms with Gasteiger partial charge in [-0.25, -0.2) is 0 Å². The summed E-state index contributed by atoms with van der Waals surface area (Å²) in [5.41, 5.74) is -3.20. The fourth-order valence-corrected chi connectivity index (χ4v) is 5.38. The van der Waals surface area contributed by atoms with Gasteiger partial charge in [-0.3, -0.25) is 14.6 Å². The second-order valence-corrected chi connectivity index (χ2v) is 9.89. The Morgan fingerprint density at radius 1 is 0.875 bits per heavy atom. The summed E-state index contributed by atoms with van der Waals surface area (Å²) in [5.74, 6) is -1.11. The number of anilines is 1. The van der Waals surface area contributed by atoms with E-state index in [1.807, 2.05) is 41.3 Å². The number of alkyl halides is 6. The van der Waals surface area contributed by atoms with Gasteiger partial charge in [-0.1, -0.05) is 24.3 Å². The van der Waals surface area contributed by atoms with Crippen molar-refractivity contribution >= 4 is 17.5 Å². The van der Waals surface area contributed by atoms with E-state index < -0.39 is 40.5 Å². The number of rotatable bonds is 4. The van der Waals surface area contributed by atoms with Crippen LogP contribution in [0.4, 0.5) is 32.0 Å². The molecule has 0 bridgehead atoms. The molecule has 6 nitrogen and oxygen atoms in total. The molecule has 5 rings (SSSR count). The van der Waals surface area contributed by atoms with Crippen LogP contribution in [-0.2, 0) is 23.7 Å². The Kier molecular flexibility index (Phi) is 6.97. The molecule has 2 aliphatic heterocycles. The van der Waals surface area contributed by atoms with Gasteiger partial charge in [0, 0.05) is 43.3 Å². The molecule has 12 heteroatoms. The van der Waals surface area contributed by atoms with E-state index in [1.54, 1.807) is 23.4 Å². The summed E-state index contributed by atoms with van der Waals surface area (Å²) in [6.07, 6.45) is -6.53. The number of para-hydroxylation sites is 1. The molecule has 0 aliphatic carbocycles. The number of likely N-dealkylation sites (tertiary alicyclic amines) is 1. The van der Waals surface area contributed by atoms with E-state index in [0.29, 0.717) is 18.7 Å². The molecule has 1 aromatic heterocycles. The first kappa shape index (κ1) is 27.5. The second kappa shape index (κ2) is 10.1. The molecule has 2 fully saturated rings. The Bertz CT molecular complexity index is 1360. The minimum absolute atomic E-state index is 0.00620.